The van der Waals surface area contributed by atoms with Gasteiger partial charge in [0.15, 0.2) is 0 Å². The largest absolute Gasteiger partial charge is 0.513 e. The second-order valence-electron chi connectivity index (χ2n) is 4.47. The maximum absolute atomic E-state index is 13.5. The van der Waals surface area contributed by atoms with Crippen LogP contribution in [0.4, 0.5) is 9.18 Å². The minimum Gasteiger partial charge on any atom is -0.489 e. The molecular formula is C16H14BrFO4. The third kappa shape index (κ3) is 3.98. The van der Waals surface area contributed by atoms with Gasteiger partial charge in [-0.3, -0.25) is 0 Å². The fraction of sp³-hybridized carbons (Fsp3) is 0.188. The molecule has 6 heteroatoms. The molecule has 0 unspecified atom stereocenters. The van der Waals surface area contributed by atoms with Crippen LogP contribution in [0.25, 0.3) is 0 Å². The molecule has 22 heavy (non-hydrogen) atoms. The summed E-state index contributed by atoms with van der Waals surface area (Å²) >= 11 is 3.37. The van der Waals surface area contributed by atoms with Gasteiger partial charge < -0.3 is 14.2 Å². The monoisotopic (exact) mass is 368 g/mol. The van der Waals surface area contributed by atoms with Gasteiger partial charge in [0.05, 0.1) is 7.11 Å². The lowest BCUT2D eigenvalue weighted by atomic mass is 10.2. The number of hydrogen-bond acceptors (Lipinski definition) is 4. The molecule has 2 rings (SSSR count). The van der Waals surface area contributed by atoms with Gasteiger partial charge in [0.2, 0.25) is 0 Å². The van der Waals surface area contributed by atoms with Gasteiger partial charge in [0.1, 0.15) is 23.9 Å². The number of hydrogen-bond donors (Lipinski definition) is 0. The van der Waals surface area contributed by atoms with Crippen molar-refractivity contribution in [1.29, 1.82) is 0 Å². The second-order valence-corrected chi connectivity index (χ2v) is 5.33. The lowest BCUT2D eigenvalue weighted by Crippen LogP contribution is -2.10. The number of carbonyl (C=O) groups excluding carboxylic acids is 1. The van der Waals surface area contributed by atoms with Gasteiger partial charge in [-0.25, -0.2) is 9.18 Å². The summed E-state index contributed by atoms with van der Waals surface area (Å²) in [6.07, 6.45) is -0.819. The smallest absolute Gasteiger partial charge is 0.489 e. The van der Waals surface area contributed by atoms with Crippen LogP contribution in [0.3, 0.4) is 0 Å². The molecule has 0 aliphatic heterocycles. The van der Waals surface area contributed by atoms with E-state index in [1.54, 1.807) is 37.3 Å². The first-order chi connectivity index (χ1) is 10.5. The van der Waals surface area contributed by atoms with Crippen molar-refractivity contribution in [3.05, 3.63) is 57.8 Å². The molecule has 0 aliphatic carbocycles. The van der Waals surface area contributed by atoms with E-state index in [0.29, 0.717) is 27.1 Å². The van der Waals surface area contributed by atoms with Gasteiger partial charge in [-0.05, 0) is 30.7 Å². The Balaban J connectivity index is 2.17. The molecule has 0 amide bonds. The Morgan fingerprint density at radius 3 is 2.73 bits per heavy atom. The number of methoxy groups -OCH3 is 1. The van der Waals surface area contributed by atoms with Crippen LogP contribution in [-0.4, -0.2) is 13.3 Å². The molecule has 0 aromatic heterocycles. The van der Waals surface area contributed by atoms with Crippen LogP contribution in [-0.2, 0) is 11.3 Å². The summed E-state index contributed by atoms with van der Waals surface area (Å²) in [6.45, 7) is 1.78. The Labute approximate surface area is 135 Å². The van der Waals surface area contributed by atoms with Gasteiger partial charge in [-0.2, -0.15) is 0 Å². The average molecular weight is 369 g/mol. The standard InChI is InChI=1S/C16H14BrFO4/c1-10-6-7-11(8-14(10)18)21-9-12-13(17)4-3-5-15(12)22-16(19)20-2/h3-8H,9H2,1-2H3. The Kier molecular flexibility index (Phi) is 5.38. The molecule has 0 radical (unpaired) electrons. The Morgan fingerprint density at radius 1 is 1.27 bits per heavy atom. The molecule has 0 N–H and O–H groups in total. The second kappa shape index (κ2) is 7.26. The zero-order chi connectivity index (χ0) is 16.1. The zero-order valence-corrected chi connectivity index (χ0v) is 13.6. The van der Waals surface area contributed by atoms with E-state index in [4.69, 9.17) is 9.47 Å². The summed E-state index contributed by atoms with van der Waals surface area (Å²) in [7, 11) is 1.23. The number of rotatable bonds is 4. The molecule has 0 saturated heterocycles. The minimum absolute atomic E-state index is 0.107. The van der Waals surface area contributed by atoms with Crippen molar-refractivity contribution in [3.63, 3.8) is 0 Å². The predicted molar refractivity (Wildman–Crippen MR) is 82.6 cm³/mol. The van der Waals surface area contributed by atoms with Gasteiger partial charge in [-0.1, -0.05) is 28.1 Å². The molecule has 0 atom stereocenters. The third-order valence-electron chi connectivity index (χ3n) is 2.96. The Hall–Kier alpha value is -2.08. The van der Waals surface area contributed by atoms with E-state index in [2.05, 4.69) is 20.7 Å². The fourth-order valence-electron chi connectivity index (χ4n) is 1.72. The molecule has 0 saturated carbocycles. The lowest BCUT2D eigenvalue weighted by molar-refractivity contribution is 0.120. The van der Waals surface area contributed by atoms with E-state index < -0.39 is 6.16 Å². The van der Waals surface area contributed by atoms with Crippen LogP contribution in [0.15, 0.2) is 40.9 Å². The number of benzene rings is 2. The van der Waals surface area contributed by atoms with Crippen LogP contribution in [0.1, 0.15) is 11.1 Å². The highest BCUT2D eigenvalue weighted by Crippen LogP contribution is 2.29. The number of ether oxygens (including phenoxy) is 3. The highest BCUT2D eigenvalue weighted by molar-refractivity contribution is 9.10. The van der Waals surface area contributed by atoms with Crippen LogP contribution < -0.4 is 9.47 Å². The summed E-state index contributed by atoms with van der Waals surface area (Å²) in [6, 6.07) is 9.76. The van der Waals surface area contributed by atoms with Crippen molar-refractivity contribution in [2.24, 2.45) is 0 Å². The zero-order valence-electron chi connectivity index (χ0n) is 12.1. The average Bonchev–Trinajstić information content (AvgIpc) is 2.50. The van der Waals surface area contributed by atoms with Crippen molar-refractivity contribution in [3.8, 4) is 11.5 Å². The number of carbonyl (C=O) groups is 1. The summed E-state index contributed by atoms with van der Waals surface area (Å²) in [5.74, 6) is 0.368. The first-order valence-corrected chi connectivity index (χ1v) is 7.22. The quantitative estimate of drug-likeness (QED) is 0.583. The first-order valence-electron chi connectivity index (χ1n) is 6.43. The fourth-order valence-corrected chi connectivity index (χ4v) is 2.19. The molecule has 0 bridgehead atoms. The molecular weight excluding hydrogens is 355 g/mol. The first kappa shape index (κ1) is 16.3. The molecule has 2 aromatic rings. The Bertz CT molecular complexity index is 688. The molecule has 0 spiro atoms. The summed E-state index contributed by atoms with van der Waals surface area (Å²) in [4.78, 5) is 11.3. The molecule has 116 valence electrons. The molecule has 4 nitrogen and oxygen atoms in total. The number of aryl methyl sites for hydroxylation is 1. The van der Waals surface area contributed by atoms with Gasteiger partial charge in [-0.15, -0.1) is 0 Å². The van der Waals surface area contributed by atoms with Crippen molar-refractivity contribution >= 4 is 22.1 Å². The van der Waals surface area contributed by atoms with E-state index >= 15 is 0 Å². The lowest BCUT2D eigenvalue weighted by Gasteiger charge is -2.12. The molecule has 0 heterocycles. The highest BCUT2D eigenvalue weighted by atomic mass is 79.9. The SMILES string of the molecule is COC(=O)Oc1cccc(Br)c1COc1ccc(C)c(F)c1. The van der Waals surface area contributed by atoms with E-state index in [1.807, 2.05) is 0 Å². The van der Waals surface area contributed by atoms with Gasteiger partial charge in [0.25, 0.3) is 0 Å². The van der Waals surface area contributed by atoms with E-state index in [9.17, 15) is 9.18 Å². The Morgan fingerprint density at radius 2 is 2.05 bits per heavy atom. The maximum Gasteiger partial charge on any atom is 0.513 e. The van der Waals surface area contributed by atoms with E-state index in [1.165, 1.54) is 13.2 Å². The van der Waals surface area contributed by atoms with Crippen LogP contribution in [0.5, 0.6) is 11.5 Å². The molecule has 0 aliphatic rings. The highest BCUT2D eigenvalue weighted by Gasteiger charge is 2.13. The van der Waals surface area contributed by atoms with Crippen LogP contribution >= 0.6 is 15.9 Å². The normalized spacial score (nSPS) is 10.2. The maximum atomic E-state index is 13.5. The van der Waals surface area contributed by atoms with Gasteiger partial charge >= 0.3 is 6.16 Å². The van der Waals surface area contributed by atoms with Crippen molar-refractivity contribution < 1.29 is 23.4 Å². The summed E-state index contributed by atoms with van der Waals surface area (Å²) in [5, 5.41) is 0. The van der Waals surface area contributed by atoms with Crippen molar-refractivity contribution in [1.82, 2.24) is 0 Å². The van der Waals surface area contributed by atoms with Crippen LogP contribution in [0.2, 0.25) is 0 Å². The van der Waals surface area contributed by atoms with Gasteiger partial charge in [0, 0.05) is 16.1 Å². The van der Waals surface area contributed by atoms with Crippen molar-refractivity contribution in [2.45, 2.75) is 13.5 Å². The van der Waals surface area contributed by atoms with Crippen molar-refractivity contribution in [2.75, 3.05) is 7.11 Å². The number of halogens is 2. The third-order valence-corrected chi connectivity index (χ3v) is 3.71. The minimum atomic E-state index is -0.819. The predicted octanol–water partition coefficient (Wildman–Crippen LogP) is 4.62. The van der Waals surface area contributed by atoms with E-state index in [0.717, 1.165) is 0 Å². The van der Waals surface area contributed by atoms with Crippen LogP contribution in [0, 0.1) is 12.7 Å². The topological polar surface area (TPSA) is 44.8 Å². The summed E-state index contributed by atoms with van der Waals surface area (Å²) < 4.78 is 29.3. The molecule has 0 fully saturated rings. The summed E-state index contributed by atoms with van der Waals surface area (Å²) in [5.41, 5.74) is 1.16. The molecule has 2 aromatic carbocycles. The van der Waals surface area contributed by atoms with E-state index in [-0.39, 0.29) is 12.4 Å².